The fraction of sp³-hybridized carbons (Fsp3) is 1.00. The smallest absolute Gasteiger partial charge is 0.0567 e. The van der Waals surface area contributed by atoms with Crippen LogP contribution in [0.2, 0.25) is 0 Å². The Morgan fingerprint density at radius 1 is 1.21 bits per heavy atom. The van der Waals surface area contributed by atoms with Crippen LogP contribution in [0.25, 0.3) is 0 Å². The standard InChI is InChI=1S/C12H25NO/c1-6-10(14)9-7-11(2,3)13-12(4,5)8-9/h9-10,13-14H,6-8H2,1-5H3. The van der Waals surface area contributed by atoms with Gasteiger partial charge in [0, 0.05) is 11.1 Å². The van der Waals surface area contributed by atoms with Gasteiger partial charge >= 0.3 is 0 Å². The molecule has 0 radical (unpaired) electrons. The molecule has 1 atom stereocenters. The highest BCUT2D eigenvalue weighted by molar-refractivity contribution is 4.98. The second kappa shape index (κ2) is 3.82. The minimum atomic E-state index is -0.129. The van der Waals surface area contributed by atoms with E-state index in [1.165, 1.54) is 0 Å². The molecule has 1 saturated heterocycles. The molecule has 1 heterocycles. The number of nitrogens with one attached hydrogen (secondary N) is 1. The highest BCUT2D eigenvalue weighted by Crippen LogP contribution is 2.35. The second-order valence-electron chi connectivity index (χ2n) is 6.04. The summed E-state index contributed by atoms with van der Waals surface area (Å²) in [5.41, 5.74) is 0.311. The molecule has 2 nitrogen and oxygen atoms in total. The number of aliphatic hydroxyl groups is 1. The average Bonchev–Trinajstić information content (AvgIpc) is 1.97. The van der Waals surface area contributed by atoms with Crippen LogP contribution in [0, 0.1) is 5.92 Å². The van der Waals surface area contributed by atoms with Crippen molar-refractivity contribution in [3.05, 3.63) is 0 Å². The van der Waals surface area contributed by atoms with Crippen LogP contribution in [0.15, 0.2) is 0 Å². The second-order valence-corrected chi connectivity index (χ2v) is 6.04. The van der Waals surface area contributed by atoms with Crippen LogP contribution in [0.4, 0.5) is 0 Å². The molecule has 14 heavy (non-hydrogen) atoms. The van der Waals surface area contributed by atoms with Crippen LogP contribution >= 0.6 is 0 Å². The van der Waals surface area contributed by atoms with Gasteiger partial charge in [0.2, 0.25) is 0 Å². The molecule has 0 aliphatic carbocycles. The number of aliphatic hydroxyl groups excluding tert-OH is 1. The predicted molar refractivity (Wildman–Crippen MR) is 60.3 cm³/mol. The zero-order valence-electron chi connectivity index (χ0n) is 10.2. The van der Waals surface area contributed by atoms with Crippen LogP contribution in [0.3, 0.4) is 0 Å². The quantitative estimate of drug-likeness (QED) is 0.715. The number of hydrogen-bond donors (Lipinski definition) is 2. The van der Waals surface area contributed by atoms with Crippen LogP contribution in [0.5, 0.6) is 0 Å². The minimum Gasteiger partial charge on any atom is -0.393 e. The van der Waals surface area contributed by atoms with Crippen LogP contribution in [-0.4, -0.2) is 22.3 Å². The Labute approximate surface area is 88.1 Å². The van der Waals surface area contributed by atoms with Crippen molar-refractivity contribution in [3.8, 4) is 0 Å². The number of hydrogen-bond acceptors (Lipinski definition) is 2. The van der Waals surface area contributed by atoms with E-state index >= 15 is 0 Å². The highest BCUT2D eigenvalue weighted by atomic mass is 16.3. The van der Waals surface area contributed by atoms with E-state index in [4.69, 9.17) is 0 Å². The van der Waals surface area contributed by atoms with Crippen molar-refractivity contribution in [3.63, 3.8) is 0 Å². The lowest BCUT2D eigenvalue weighted by Crippen LogP contribution is -2.59. The summed E-state index contributed by atoms with van der Waals surface area (Å²) in [6, 6.07) is 0. The Morgan fingerprint density at radius 3 is 2.00 bits per heavy atom. The van der Waals surface area contributed by atoms with E-state index in [-0.39, 0.29) is 17.2 Å². The molecule has 0 saturated carbocycles. The summed E-state index contributed by atoms with van der Waals surface area (Å²) in [7, 11) is 0. The molecule has 0 amide bonds. The SMILES string of the molecule is CCC(O)C1CC(C)(C)NC(C)(C)C1. The molecule has 2 N–H and O–H groups in total. The number of piperidine rings is 1. The summed E-state index contributed by atoms with van der Waals surface area (Å²) in [6.07, 6.45) is 2.89. The van der Waals surface area contributed by atoms with E-state index in [0.29, 0.717) is 5.92 Å². The van der Waals surface area contributed by atoms with Crippen molar-refractivity contribution in [1.29, 1.82) is 0 Å². The minimum absolute atomic E-state index is 0.129. The molecule has 0 bridgehead atoms. The molecule has 0 spiro atoms. The Balaban J connectivity index is 2.71. The molecule has 1 unspecified atom stereocenters. The van der Waals surface area contributed by atoms with E-state index in [9.17, 15) is 5.11 Å². The van der Waals surface area contributed by atoms with E-state index < -0.39 is 0 Å². The van der Waals surface area contributed by atoms with E-state index in [2.05, 4.69) is 39.9 Å². The monoisotopic (exact) mass is 199 g/mol. The maximum absolute atomic E-state index is 9.92. The molecule has 1 aliphatic rings. The molecular formula is C12H25NO. The normalized spacial score (nSPS) is 28.7. The third-order valence-electron chi connectivity index (χ3n) is 3.18. The topological polar surface area (TPSA) is 32.3 Å². The van der Waals surface area contributed by atoms with Crippen molar-refractivity contribution in [2.45, 2.75) is 71.1 Å². The van der Waals surface area contributed by atoms with E-state index in [0.717, 1.165) is 19.3 Å². The fourth-order valence-electron chi connectivity index (χ4n) is 3.01. The van der Waals surface area contributed by atoms with Crippen LogP contribution in [0.1, 0.15) is 53.9 Å². The molecular weight excluding hydrogens is 174 g/mol. The van der Waals surface area contributed by atoms with Gasteiger partial charge in [-0.1, -0.05) is 6.92 Å². The van der Waals surface area contributed by atoms with E-state index in [1.54, 1.807) is 0 Å². The maximum atomic E-state index is 9.92. The first-order chi connectivity index (χ1) is 6.26. The van der Waals surface area contributed by atoms with Gasteiger partial charge in [0.25, 0.3) is 0 Å². The van der Waals surface area contributed by atoms with Crippen molar-refractivity contribution in [1.82, 2.24) is 5.32 Å². The van der Waals surface area contributed by atoms with Crippen molar-refractivity contribution in [2.75, 3.05) is 0 Å². The highest BCUT2D eigenvalue weighted by Gasteiger charge is 2.39. The fourth-order valence-corrected chi connectivity index (χ4v) is 3.01. The summed E-state index contributed by atoms with van der Waals surface area (Å²) in [4.78, 5) is 0. The molecule has 0 aromatic heterocycles. The lowest BCUT2D eigenvalue weighted by Gasteiger charge is -2.47. The zero-order chi connectivity index (χ0) is 11.0. The lowest BCUT2D eigenvalue weighted by atomic mass is 9.73. The number of rotatable bonds is 2. The summed E-state index contributed by atoms with van der Waals surface area (Å²) in [5, 5.41) is 13.5. The van der Waals surface area contributed by atoms with Gasteiger partial charge in [-0.05, 0) is 52.9 Å². The Hall–Kier alpha value is -0.0800. The first kappa shape index (κ1) is 12.0. The largest absolute Gasteiger partial charge is 0.393 e. The summed E-state index contributed by atoms with van der Waals surface area (Å²) in [5.74, 6) is 0.450. The maximum Gasteiger partial charge on any atom is 0.0567 e. The van der Waals surface area contributed by atoms with E-state index in [1.807, 2.05) is 0 Å². The Bertz CT molecular complexity index is 182. The molecule has 1 rings (SSSR count). The predicted octanol–water partition coefficient (Wildman–Crippen LogP) is 2.31. The van der Waals surface area contributed by atoms with Crippen molar-refractivity contribution in [2.24, 2.45) is 5.92 Å². The van der Waals surface area contributed by atoms with Gasteiger partial charge in [0.05, 0.1) is 6.10 Å². The van der Waals surface area contributed by atoms with Gasteiger partial charge in [0.1, 0.15) is 0 Å². The summed E-state index contributed by atoms with van der Waals surface area (Å²) in [6.45, 7) is 11.0. The molecule has 2 heteroatoms. The zero-order valence-corrected chi connectivity index (χ0v) is 10.2. The van der Waals surface area contributed by atoms with Crippen LogP contribution in [-0.2, 0) is 0 Å². The molecule has 1 aliphatic heterocycles. The van der Waals surface area contributed by atoms with Gasteiger partial charge in [0.15, 0.2) is 0 Å². The van der Waals surface area contributed by atoms with Crippen molar-refractivity contribution >= 4 is 0 Å². The molecule has 1 fully saturated rings. The first-order valence-electron chi connectivity index (χ1n) is 5.73. The lowest BCUT2D eigenvalue weighted by molar-refractivity contribution is 0.0254. The third-order valence-corrected chi connectivity index (χ3v) is 3.18. The average molecular weight is 199 g/mol. The van der Waals surface area contributed by atoms with Crippen molar-refractivity contribution < 1.29 is 5.11 Å². The Kier molecular flexibility index (Phi) is 3.27. The Morgan fingerprint density at radius 2 is 1.64 bits per heavy atom. The third kappa shape index (κ3) is 2.96. The van der Waals surface area contributed by atoms with Gasteiger partial charge in [-0.2, -0.15) is 0 Å². The van der Waals surface area contributed by atoms with Gasteiger partial charge in [-0.25, -0.2) is 0 Å². The molecule has 0 aromatic carbocycles. The van der Waals surface area contributed by atoms with Gasteiger partial charge in [-0.3, -0.25) is 0 Å². The summed E-state index contributed by atoms with van der Waals surface area (Å²) >= 11 is 0. The first-order valence-corrected chi connectivity index (χ1v) is 5.73. The summed E-state index contributed by atoms with van der Waals surface area (Å²) < 4.78 is 0. The molecule has 0 aromatic rings. The van der Waals surface area contributed by atoms with Crippen LogP contribution < -0.4 is 5.32 Å². The molecule has 84 valence electrons. The van der Waals surface area contributed by atoms with Gasteiger partial charge in [-0.15, -0.1) is 0 Å². The van der Waals surface area contributed by atoms with Gasteiger partial charge < -0.3 is 10.4 Å².